The molecule has 6 nitrogen and oxygen atoms in total. The predicted molar refractivity (Wildman–Crippen MR) is 76.2 cm³/mol. The third kappa shape index (κ3) is 2.79. The van der Waals surface area contributed by atoms with Crippen LogP contribution in [0.4, 0.5) is 0 Å². The zero-order chi connectivity index (χ0) is 14.7. The molecule has 8 heteroatoms. The molecule has 0 aliphatic rings. The Morgan fingerprint density at radius 3 is 3.05 bits per heavy atom. The Balaban J connectivity index is 2.40. The molecule has 20 heavy (non-hydrogen) atoms. The SMILES string of the molecule is CCOC(=O)CSc1sc2c(O)cc(=O)[nH]c2c1C#N. The minimum absolute atomic E-state index is 0.0698. The maximum absolute atomic E-state index is 11.3. The molecule has 2 aromatic rings. The molecular formula is C12H10N2O4S2. The lowest BCUT2D eigenvalue weighted by Gasteiger charge is -1.99. The second-order valence-corrected chi connectivity index (χ2v) is 5.96. The number of thioether (sulfide) groups is 1. The number of nitrogens with zero attached hydrogens (tertiary/aromatic N) is 1. The van der Waals surface area contributed by atoms with Crippen molar-refractivity contribution in [2.24, 2.45) is 0 Å². The van der Waals surface area contributed by atoms with Crippen LogP contribution in [0, 0.1) is 11.3 Å². The number of aromatic hydroxyl groups is 1. The standard InChI is InChI=1S/C12H10N2O4S2/c1-2-18-9(17)5-19-12-6(4-13)10-11(20-12)7(15)3-8(16)14-10/h3H,2,5H2,1H3,(H2,14,15,16). The summed E-state index contributed by atoms with van der Waals surface area (Å²) in [6.45, 7) is 2.01. The van der Waals surface area contributed by atoms with Crippen molar-refractivity contribution in [3.63, 3.8) is 0 Å². The quantitative estimate of drug-likeness (QED) is 0.659. The molecule has 0 unspecified atom stereocenters. The van der Waals surface area contributed by atoms with Crippen molar-refractivity contribution < 1.29 is 14.6 Å². The van der Waals surface area contributed by atoms with Gasteiger partial charge < -0.3 is 14.8 Å². The van der Waals surface area contributed by atoms with E-state index in [1.54, 1.807) is 6.92 Å². The Hall–Kier alpha value is -1.98. The van der Waals surface area contributed by atoms with Gasteiger partial charge in [0.05, 0.1) is 26.8 Å². The van der Waals surface area contributed by atoms with Gasteiger partial charge in [0.2, 0.25) is 0 Å². The minimum atomic E-state index is -0.480. The van der Waals surface area contributed by atoms with E-state index in [2.05, 4.69) is 4.98 Å². The van der Waals surface area contributed by atoms with E-state index in [0.29, 0.717) is 21.0 Å². The summed E-state index contributed by atoms with van der Waals surface area (Å²) >= 11 is 2.30. The Morgan fingerprint density at radius 2 is 2.40 bits per heavy atom. The molecule has 0 aliphatic carbocycles. The van der Waals surface area contributed by atoms with Gasteiger partial charge in [0.15, 0.2) is 0 Å². The van der Waals surface area contributed by atoms with E-state index in [-0.39, 0.29) is 23.0 Å². The molecule has 0 bridgehead atoms. The fraction of sp³-hybridized carbons (Fsp3) is 0.250. The normalized spacial score (nSPS) is 10.4. The highest BCUT2D eigenvalue weighted by molar-refractivity contribution is 8.01. The number of carbonyl (C=O) groups is 1. The van der Waals surface area contributed by atoms with E-state index >= 15 is 0 Å². The van der Waals surface area contributed by atoms with Crippen molar-refractivity contribution in [3.05, 3.63) is 22.0 Å². The molecule has 2 N–H and O–H groups in total. The Bertz CT molecular complexity index is 757. The van der Waals surface area contributed by atoms with Crippen LogP contribution in [0.15, 0.2) is 15.1 Å². The molecular weight excluding hydrogens is 300 g/mol. The van der Waals surface area contributed by atoms with Crippen LogP contribution in [-0.4, -0.2) is 28.4 Å². The summed E-state index contributed by atoms with van der Waals surface area (Å²) in [7, 11) is 0. The molecule has 0 fully saturated rings. The second kappa shape index (κ2) is 5.98. The lowest BCUT2D eigenvalue weighted by Crippen LogP contribution is -2.06. The highest BCUT2D eigenvalue weighted by atomic mass is 32.2. The second-order valence-electron chi connectivity index (χ2n) is 3.69. The van der Waals surface area contributed by atoms with Gasteiger partial charge in [-0.3, -0.25) is 9.59 Å². The van der Waals surface area contributed by atoms with Crippen LogP contribution >= 0.6 is 23.1 Å². The van der Waals surface area contributed by atoms with E-state index in [9.17, 15) is 20.0 Å². The number of ether oxygens (including phenoxy) is 1. The molecule has 0 saturated heterocycles. The Labute approximate surface area is 122 Å². The lowest BCUT2D eigenvalue weighted by molar-refractivity contribution is -0.139. The van der Waals surface area contributed by atoms with Crippen LogP contribution in [0.1, 0.15) is 12.5 Å². The highest BCUT2D eigenvalue weighted by Gasteiger charge is 2.17. The highest BCUT2D eigenvalue weighted by Crippen LogP contribution is 2.39. The summed E-state index contributed by atoms with van der Waals surface area (Å²) in [5, 5.41) is 18.9. The van der Waals surface area contributed by atoms with Crippen molar-refractivity contribution in [2.75, 3.05) is 12.4 Å². The average Bonchev–Trinajstić information content (AvgIpc) is 2.74. The fourth-order valence-corrected chi connectivity index (χ4v) is 3.73. The summed E-state index contributed by atoms with van der Waals surface area (Å²) in [5.74, 6) is -0.481. The lowest BCUT2D eigenvalue weighted by atomic mass is 10.3. The van der Waals surface area contributed by atoms with E-state index in [0.717, 1.165) is 29.2 Å². The van der Waals surface area contributed by atoms with Gasteiger partial charge >= 0.3 is 5.97 Å². The number of carbonyl (C=O) groups excluding carboxylic acids is 1. The van der Waals surface area contributed by atoms with Gasteiger partial charge in [0.1, 0.15) is 17.4 Å². The van der Waals surface area contributed by atoms with Crippen molar-refractivity contribution >= 4 is 39.3 Å². The molecule has 2 rings (SSSR count). The number of aromatic nitrogens is 1. The van der Waals surface area contributed by atoms with Crippen LogP contribution in [-0.2, 0) is 9.53 Å². The van der Waals surface area contributed by atoms with Crippen molar-refractivity contribution in [1.29, 1.82) is 5.26 Å². The summed E-state index contributed by atoms with van der Waals surface area (Å²) in [6, 6.07) is 3.04. The number of rotatable bonds is 4. The summed E-state index contributed by atoms with van der Waals surface area (Å²) in [5.41, 5.74) is 0.0763. The monoisotopic (exact) mass is 310 g/mol. The molecule has 0 atom stereocenters. The first-order valence-electron chi connectivity index (χ1n) is 5.64. The molecule has 2 heterocycles. The van der Waals surface area contributed by atoms with Crippen LogP contribution in [0.25, 0.3) is 10.2 Å². The van der Waals surface area contributed by atoms with E-state index in [4.69, 9.17) is 4.74 Å². The van der Waals surface area contributed by atoms with E-state index in [1.807, 2.05) is 6.07 Å². The first-order chi connectivity index (χ1) is 9.56. The summed E-state index contributed by atoms with van der Waals surface area (Å²) in [4.78, 5) is 25.2. The molecule has 0 aliphatic heterocycles. The zero-order valence-electron chi connectivity index (χ0n) is 10.4. The molecule has 104 valence electrons. The van der Waals surface area contributed by atoms with Gasteiger partial charge in [-0.1, -0.05) is 0 Å². The molecule has 2 aromatic heterocycles. The number of hydrogen-bond acceptors (Lipinski definition) is 7. The van der Waals surface area contributed by atoms with Gasteiger partial charge in [-0.2, -0.15) is 5.26 Å². The number of aromatic amines is 1. The minimum Gasteiger partial charge on any atom is -0.506 e. The number of fused-ring (bicyclic) bond motifs is 1. The topological polar surface area (TPSA) is 103 Å². The van der Waals surface area contributed by atoms with Crippen molar-refractivity contribution in [2.45, 2.75) is 11.1 Å². The molecule has 0 saturated carbocycles. The van der Waals surface area contributed by atoms with Gasteiger partial charge in [0.25, 0.3) is 5.56 Å². The Kier molecular flexibility index (Phi) is 4.32. The zero-order valence-corrected chi connectivity index (χ0v) is 12.1. The number of pyridine rings is 1. The van der Waals surface area contributed by atoms with E-state index < -0.39 is 5.56 Å². The number of H-pyrrole nitrogens is 1. The van der Waals surface area contributed by atoms with E-state index in [1.165, 1.54) is 0 Å². The number of nitriles is 1. The van der Waals surface area contributed by atoms with Gasteiger partial charge in [-0.05, 0) is 6.92 Å². The largest absolute Gasteiger partial charge is 0.506 e. The molecule has 0 radical (unpaired) electrons. The number of esters is 1. The van der Waals surface area contributed by atoms with Gasteiger partial charge in [-0.15, -0.1) is 23.1 Å². The maximum atomic E-state index is 11.3. The molecule has 0 amide bonds. The molecule has 0 spiro atoms. The number of hydrogen-bond donors (Lipinski definition) is 2. The average molecular weight is 310 g/mol. The van der Waals surface area contributed by atoms with Crippen LogP contribution in [0.2, 0.25) is 0 Å². The smallest absolute Gasteiger partial charge is 0.316 e. The van der Waals surface area contributed by atoms with Gasteiger partial charge in [0, 0.05) is 6.07 Å². The summed E-state index contributed by atoms with van der Waals surface area (Å²) < 4.78 is 5.80. The van der Waals surface area contributed by atoms with Crippen LogP contribution in [0.5, 0.6) is 5.75 Å². The van der Waals surface area contributed by atoms with Gasteiger partial charge in [-0.25, -0.2) is 0 Å². The molecule has 0 aromatic carbocycles. The number of thiophene rings is 1. The van der Waals surface area contributed by atoms with Crippen LogP contribution in [0.3, 0.4) is 0 Å². The third-order valence-electron chi connectivity index (χ3n) is 2.36. The first-order valence-corrected chi connectivity index (χ1v) is 7.44. The van der Waals surface area contributed by atoms with Crippen molar-refractivity contribution in [1.82, 2.24) is 4.98 Å². The van der Waals surface area contributed by atoms with Crippen molar-refractivity contribution in [3.8, 4) is 11.8 Å². The summed E-state index contributed by atoms with van der Waals surface area (Å²) in [6.07, 6.45) is 0. The Morgan fingerprint density at radius 1 is 1.65 bits per heavy atom. The fourth-order valence-electron chi connectivity index (χ4n) is 1.59. The first kappa shape index (κ1) is 14.4. The number of nitrogens with one attached hydrogen (secondary N) is 1. The van der Waals surface area contributed by atoms with Crippen LogP contribution < -0.4 is 5.56 Å². The third-order valence-corrected chi connectivity index (χ3v) is 4.82. The predicted octanol–water partition coefficient (Wildman–Crippen LogP) is 1.82. The maximum Gasteiger partial charge on any atom is 0.316 e.